The van der Waals surface area contributed by atoms with Crippen molar-refractivity contribution in [1.29, 1.82) is 0 Å². The van der Waals surface area contributed by atoms with Gasteiger partial charge in [-0.3, -0.25) is 9.67 Å². The van der Waals surface area contributed by atoms with E-state index in [2.05, 4.69) is 33.6 Å². The first-order valence-corrected chi connectivity index (χ1v) is 6.77. The van der Waals surface area contributed by atoms with Crippen molar-refractivity contribution in [3.63, 3.8) is 0 Å². The van der Waals surface area contributed by atoms with Crippen LogP contribution in [0.3, 0.4) is 0 Å². The molecule has 104 valence electrons. The van der Waals surface area contributed by atoms with E-state index in [1.165, 1.54) is 5.56 Å². The Morgan fingerprint density at radius 3 is 2.90 bits per heavy atom. The number of fused-ring (bicyclic) bond motifs is 1. The number of nitrogens with zero attached hydrogens (tertiary/aromatic N) is 5. The zero-order chi connectivity index (χ0) is 13.9. The molecule has 1 atom stereocenters. The lowest BCUT2D eigenvalue weighted by molar-refractivity contribution is 0.594. The number of hydrogen-bond donors (Lipinski definition) is 1. The molecule has 0 saturated heterocycles. The Bertz CT molecular complexity index is 698. The van der Waals surface area contributed by atoms with Crippen LogP contribution >= 0.6 is 0 Å². The molecule has 3 aromatic rings. The lowest BCUT2D eigenvalue weighted by Crippen LogP contribution is -2.18. The SMILES string of the molecule is CCn1cc(CC(NC)c2cnn3ccncc23)cn1. The number of rotatable bonds is 5. The molecule has 0 fully saturated rings. The van der Waals surface area contributed by atoms with Gasteiger partial charge in [0.05, 0.1) is 24.1 Å². The average Bonchev–Trinajstić information content (AvgIpc) is 3.11. The molecule has 0 aliphatic rings. The molecule has 0 amide bonds. The van der Waals surface area contributed by atoms with Crippen molar-refractivity contribution >= 4 is 5.52 Å². The normalized spacial score (nSPS) is 12.9. The number of aryl methyl sites for hydroxylation is 1. The molecule has 6 nitrogen and oxygen atoms in total. The summed E-state index contributed by atoms with van der Waals surface area (Å²) in [6.45, 7) is 2.98. The maximum absolute atomic E-state index is 4.37. The van der Waals surface area contributed by atoms with E-state index in [9.17, 15) is 0 Å². The van der Waals surface area contributed by atoms with Crippen LogP contribution in [-0.4, -0.2) is 31.4 Å². The molecule has 20 heavy (non-hydrogen) atoms. The second-order valence-electron chi connectivity index (χ2n) is 4.76. The summed E-state index contributed by atoms with van der Waals surface area (Å²) < 4.78 is 3.79. The lowest BCUT2D eigenvalue weighted by atomic mass is 10.0. The fourth-order valence-electron chi connectivity index (χ4n) is 2.41. The second-order valence-corrected chi connectivity index (χ2v) is 4.76. The maximum Gasteiger partial charge on any atom is 0.0892 e. The van der Waals surface area contributed by atoms with Crippen LogP contribution in [0.2, 0.25) is 0 Å². The summed E-state index contributed by atoms with van der Waals surface area (Å²) >= 11 is 0. The summed E-state index contributed by atoms with van der Waals surface area (Å²) in [4.78, 5) is 4.18. The summed E-state index contributed by atoms with van der Waals surface area (Å²) in [5, 5.41) is 12.0. The molecule has 0 saturated carbocycles. The Labute approximate surface area is 117 Å². The van der Waals surface area contributed by atoms with Crippen LogP contribution in [0.5, 0.6) is 0 Å². The van der Waals surface area contributed by atoms with Gasteiger partial charge in [-0.05, 0) is 26.0 Å². The average molecular weight is 270 g/mol. The highest BCUT2D eigenvalue weighted by Crippen LogP contribution is 2.21. The Hall–Kier alpha value is -2.21. The van der Waals surface area contributed by atoms with Gasteiger partial charge in [-0.25, -0.2) is 4.52 Å². The molecular formula is C14H18N6. The van der Waals surface area contributed by atoms with E-state index in [-0.39, 0.29) is 6.04 Å². The third-order valence-corrected chi connectivity index (χ3v) is 3.53. The summed E-state index contributed by atoms with van der Waals surface area (Å²) in [6, 6.07) is 0.200. The van der Waals surface area contributed by atoms with Crippen LogP contribution in [0.25, 0.3) is 5.52 Å². The zero-order valence-corrected chi connectivity index (χ0v) is 11.7. The van der Waals surface area contributed by atoms with E-state index >= 15 is 0 Å². The minimum absolute atomic E-state index is 0.200. The van der Waals surface area contributed by atoms with Gasteiger partial charge in [0.15, 0.2) is 0 Å². The van der Waals surface area contributed by atoms with E-state index in [0.29, 0.717) is 0 Å². The zero-order valence-electron chi connectivity index (χ0n) is 11.7. The molecule has 0 aliphatic heterocycles. The Balaban J connectivity index is 1.89. The maximum atomic E-state index is 4.37. The van der Waals surface area contributed by atoms with Crippen LogP contribution in [0.1, 0.15) is 24.1 Å². The third-order valence-electron chi connectivity index (χ3n) is 3.53. The highest BCUT2D eigenvalue weighted by Gasteiger charge is 2.16. The smallest absolute Gasteiger partial charge is 0.0892 e. The predicted octanol–water partition coefficient (Wildman–Crippen LogP) is 1.45. The number of aromatic nitrogens is 5. The van der Waals surface area contributed by atoms with Gasteiger partial charge in [0.25, 0.3) is 0 Å². The molecule has 0 bridgehead atoms. The van der Waals surface area contributed by atoms with Gasteiger partial charge in [0.1, 0.15) is 0 Å². The first kappa shape index (κ1) is 12.8. The van der Waals surface area contributed by atoms with Gasteiger partial charge in [-0.1, -0.05) is 0 Å². The van der Waals surface area contributed by atoms with Gasteiger partial charge in [-0.2, -0.15) is 10.2 Å². The minimum Gasteiger partial charge on any atom is -0.313 e. The standard InChI is InChI=1S/C14H18N6/c1-3-19-10-11(7-17-19)6-13(15-2)12-8-18-20-5-4-16-9-14(12)20/h4-5,7-10,13,15H,3,6H2,1-2H3. The summed E-state index contributed by atoms with van der Waals surface area (Å²) in [6.07, 6.45) is 12.3. The molecule has 0 aromatic carbocycles. The quantitative estimate of drug-likeness (QED) is 0.762. The van der Waals surface area contributed by atoms with Crippen molar-refractivity contribution in [3.05, 3.63) is 48.3 Å². The van der Waals surface area contributed by atoms with Gasteiger partial charge in [-0.15, -0.1) is 0 Å². The topological polar surface area (TPSA) is 60.0 Å². The predicted molar refractivity (Wildman–Crippen MR) is 76.4 cm³/mol. The van der Waals surface area contributed by atoms with Gasteiger partial charge >= 0.3 is 0 Å². The fourth-order valence-corrected chi connectivity index (χ4v) is 2.41. The van der Waals surface area contributed by atoms with Crippen molar-refractivity contribution in [2.75, 3.05) is 7.05 Å². The Morgan fingerprint density at radius 2 is 2.15 bits per heavy atom. The van der Waals surface area contributed by atoms with E-state index in [0.717, 1.165) is 24.0 Å². The summed E-state index contributed by atoms with van der Waals surface area (Å²) in [7, 11) is 1.97. The highest BCUT2D eigenvalue weighted by atomic mass is 15.3. The number of likely N-dealkylation sites (N-methyl/N-ethyl adjacent to an activating group) is 1. The highest BCUT2D eigenvalue weighted by molar-refractivity contribution is 5.53. The Kier molecular flexibility index (Phi) is 3.47. The van der Waals surface area contributed by atoms with Crippen LogP contribution < -0.4 is 5.32 Å². The summed E-state index contributed by atoms with van der Waals surface area (Å²) in [5.41, 5.74) is 3.41. The van der Waals surface area contributed by atoms with E-state index < -0.39 is 0 Å². The van der Waals surface area contributed by atoms with Gasteiger partial charge < -0.3 is 5.32 Å². The summed E-state index contributed by atoms with van der Waals surface area (Å²) in [5.74, 6) is 0. The molecule has 1 unspecified atom stereocenters. The minimum atomic E-state index is 0.200. The van der Waals surface area contributed by atoms with E-state index in [1.54, 1.807) is 6.20 Å². The van der Waals surface area contributed by atoms with E-state index in [4.69, 9.17) is 0 Å². The van der Waals surface area contributed by atoms with Crippen molar-refractivity contribution in [3.8, 4) is 0 Å². The second kappa shape index (κ2) is 5.42. The molecule has 0 spiro atoms. The molecule has 0 aliphatic carbocycles. The monoisotopic (exact) mass is 270 g/mol. The molecular weight excluding hydrogens is 252 g/mol. The molecule has 3 aromatic heterocycles. The van der Waals surface area contributed by atoms with E-state index in [1.807, 2.05) is 41.0 Å². The van der Waals surface area contributed by atoms with Crippen molar-refractivity contribution in [1.82, 2.24) is 29.7 Å². The Morgan fingerprint density at radius 1 is 1.25 bits per heavy atom. The third kappa shape index (κ3) is 2.30. The van der Waals surface area contributed by atoms with Gasteiger partial charge in [0, 0.05) is 36.7 Å². The molecule has 6 heteroatoms. The van der Waals surface area contributed by atoms with Crippen molar-refractivity contribution in [2.24, 2.45) is 0 Å². The molecule has 1 N–H and O–H groups in total. The number of nitrogens with one attached hydrogen (secondary N) is 1. The van der Waals surface area contributed by atoms with Crippen LogP contribution in [-0.2, 0) is 13.0 Å². The van der Waals surface area contributed by atoms with Crippen LogP contribution in [0.15, 0.2) is 37.2 Å². The lowest BCUT2D eigenvalue weighted by Gasteiger charge is -2.13. The molecule has 3 rings (SSSR count). The van der Waals surface area contributed by atoms with Crippen molar-refractivity contribution in [2.45, 2.75) is 25.9 Å². The first-order chi connectivity index (χ1) is 9.81. The first-order valence-electron chi connectivity index (χ1n) is 6.77. The van der Waals surface area contributed by atoms with Crippen LogP contribution in [0.4, 0.5) is 0 Å². The van der Waals surface area contributed by atoms with Crippen molar-refractivity contribution < 1.29 is 0 Å². The van der Waals surface area contributed by atoms with Gasteiger partial charge in [0.2, 0.25) is 0 Å². The number of hydrogen-bond acceptors (Lipinski definition) is 4. The van der Waals surface area contributed by atoms with Crippen LogP contribution in [0, 0.1) is 0 Å². The molecule has 3 heterocycles. The molecule has 0 radical (unpaired) electrons. The largest absolute Gasteiger partial charge is 0.313 e. The fraction of sp³-hybridized carbons (Fsp3) is 0.357.